The maximum absolute atomic E-state index is 6.21. The lowest BCUT2D eigenvalue weighted by atomic mass is 9.82. The Bertz CT molecular complexity index is 3060. The van der Waals surface area contributed by atoms with E-state index in [1.165, 1.54) is 60.8 Å². The summed E-state index contributed by atoms with van der Waals surface area (Å²) in [6.45, 7) is 4.68. The third-order valence-corrected chi connectivity index (χ3v) is 11.6. The molecule has 2 heterocycles. The minimum Gasteiger partial charge on any atom is -0.456 e. The first-order valence-electron chi connectivity index (χ1n) is 18.7. The summed E-state index contributed by atoms with van der Waals surface area (Å²) in [5.74, 6) is 0. The molecule has 0 bridgehead atoms. The molecule has 0 radical (unpaired) electrons. The zero-order valence-electron chi connectivity index (χ0n) is 30.1. The zero-order valence-corrected chi connectivity index (χ0v) is 30.1. The van der Waals surface area contributed by atoms with Gasteiger partial charge >= 0.3 is 0 Å². The van der Waals surface area contributed by atoms with Gasteiger partial charge < -0.3 is 14.3 Å². The van der Waals surface area contributed by atoms with Crippen LogP contribution in [0.5, 0.6) is 0 Å². The molecule has 2 aromatic heterocycles. The van der Waals surface area contributed by atoms with Crippen LogP contribution in [0.15, 0.2) is 180 Å². The van der Waals surface area contributed by atoms with Crippen LogP contribution in [0.25, 0.3) is 77.1 Å². The van der Waals surface area contributed by atoms with Gasteiger partial charge in [0.2, 0.25) is 0 Å². The number of hydrogen-bond donors (Lipinski definition) is 1. The highest BCUT2D eigenvalue weighted by Gasteiger charge is 2.35. The van der Waals surface area contributed by atoms with Crippen LogP contribution in [0.2, 0.25) is 0 Å². The molecule has 256 valence electrons. The van der Waals surface area contributed by atoms with Crippen LogP contribution in [-0.2, 0) is 5.41 Å². The smallest absolute Gasteiger partial charge is 0.135 e. The quantitative estimate of drug-likeness (QED) is 0.195. The van der Waals surface area contributed by atoms with Gasteiger partial charge in [0.25, 0.3) is 0 Å². The van der Waals surface area contributed by atoms with Crippen LogP contribution in [0, 0.1) is 0 Å². The highest BCUT2D eigenvalue weighted by Crippen LogP contribution is 2.50. The number of aromatic amines is 1. The van der Waals surface area contributed by atoms with E-state index in [9.17, 15) is 0 Å². The van der Waals surface area contributed by atoms with Gasteiger partial charge in [0, 0.05) is 55.1 Å². The lowest BCUT2D eigenvalue weighted by Crippen LogP contribution is -2.14. The van der Waals surface area contributed by atoms with E-state index >= 15 is 0 Å². The number of aromatic nitrogens is 1. The van der Waals surface area contributed by atoms with E-state index in [1.54, 1.807) is 0 Å². The van der Waals surface area contributed by atoms with Gasteiger partial charge in [-0.25, -0.2) is 0 Å². The first kappa shape index (κ1) is 30.8. The second kappa shape index (κ2) is 11.6. The molecule has 54 heavy (non-hydrogen) atoms. The fourth-order valence-corrected chi connectivity index (χ4v) is 8.81. The van der Waals surface area contributed by atoms with E-state index in [2.05, 4.69) is 188 Å². The number of hydrogen-bond acceptors (Lipinski definition) is 2. The number of nitrogens with zero attached hydrogens (tertiary/aromatic N) is 1. The average Bonchev–Trinajstić information content (AvgIpc) is 3.85. The lowest BCUT2D eigenvalue weighted by Gasteiger charge is -2.26. The molecule has 0 fully saturated rings. The number of anilines is 3. The molecule has 10 aromatic rings. The summed E-state index contributed by atoms with van der Waals surface area (Å²) < 4.78 is 6.21. The molecule has 0 aliphatic heterocycles. The fourth-order valence-electron chi connectivity index (χ4n) is 8.81. The molecule has 0 saturated heterocycles. The molecule has 8 aromatic carbocycles. The topological polar surface area (TPSA) is 32.2 Å². The van der Waals surface area contributed by atoms with Crippen molar-refractivity contribution in [1.82, 2.24) is 4.98 Å². The van der Waals surface area contributed by atoms with E-state index in [1.807, 2.05) is 12.1 Å². The second-order valence-electron chi connectivity index (χ2n) is 15.1. The molecule has 11 rings (SSSR count). The van der Waals surface area contributed by atoms with Crippen LogP contribution in [0.1, 0.15) is 25.0 Å². The Hall–Kier alpha value is -6.84. The molecule has 0 amide bonds. The third-order valence-electron chi connectivity index (χ3n) is 11.6. The zero-order chi connectivity index (χ0) is 36.0. The van der Waals surface area contributed by atoms with Crippen LogP contribution in [0.4, 0.5) is 17.1 Å². The lowest BCUT2D eigenvalue weighted by molar-refractivity contribution is 0.661. The number of benzene rings is 8. The number of nitrogens with one attached hydrogen (secondary N) is 1. The molecule has 0 unspecified atom stereocenters. The van der Waals surface area contributed by atoms with Gasteiger partial charge in [-0.1, -0.05) is 117 Å². The Labute approximate surface area is 313 Å². The molecule has 0 saturated carbocycles. The van der Waals surface area contributed by atoms with Gasteiger partial charge in [0.1, 0.15) is 11.2 Å². The molecule has 1 aliphatic rings. The summed E-state index contributed by atoms with van der Waals surface area (Å²) in [5.41, 5.74) is 17.6. The molecule has 1 aliphatic carbocycles. The van der Waals surface area contributed by atoms with Gasteiger partial charge in [0.15, 0.2) is 0 Å². The molecular weight excluding hydrogens is 657 g/mol. The third kappa shape index (κ3) is 4.68. The summed E-state index contributed by atoms with van der Waals surface area (Å²) in [7, 11) is 0. The van der Waals surface area contributed by atoms with E-state index in [-0.39, 0.29) is 5.41 Å². The van der Waals surface area contributed by atoms with Crippen molar-refractivity contribution in [1.29, 1.82) is 0 Å². The largest absolute Gasteiger partial charge is 0.456 e. The second-order valence-corrected chi connectivity index (χ2v) is 15.1. The van der Waals surface area contributed by atoms with Crippen molar-refractivity contribution in [2.75, 3.05) is 4.90 Å². The number of H-pyrrole nitrogens is 1. The Kier molecular flexibility index (Phi) is 6.60. The normalized spacial score (nSPS) is 13.1. The van der Waals surface area contributed by atoms with Crippen molar-refractivity contribution in [3.63, 3.8) is 0 Å². The number of furan rings is 1. The molecule has 3 heteroatoms. The number of para-hydroxylation sites is 1. The van der Waals surface area contributed by atoms with Gasteiger partial charge in [0.05, 0.1) is 0 Å². The maximum atomic E-state index is 6.21. The highest BCUT2D eigenvalue weighted by atomic mass is 16.3. The van der Waals surface area contributed by atoms with E-state index in [0.29, 0.717) is 0 Å². The molecule has 0 atom stereocenters. The molecule has 0 spiro atoms. The summed E-state index contributed by atoms with van der Waals surface area (Å²) in [6, 6.07) is 63.6. The van der Waals surface area contributed by atoms with Crippen molar-refractivity contribution in [3.05, 3.63) is 187 Å². The highest BCUT2D eigenvalue weighted by molar-refractivity contribution is 6.11. The first-order chi connectivity index (χ1) is 26.5. The summed E-state index contributed by atoms with van der Waals surface area (Å²) in [5, 5.41) is 4.74. The summed E-state index contributed by atoms with van der Waals surface area (Å²) in [6.07, 6.45) is 0. The van der Waals surface area contributed by atoms with Gasteiger partial charge in [-0.3, -0.25) is 0 Å². The Balaban J connectivity index is 1.00. The van der Waals surface area contributed by atoms with Crippen molar-refractivity contribution < 1.29 is 4.42 Å². The van der Waals surface area contributed by atoms with Gasteiger partial charge in [-0.05, 0) is 117 Å². The van der Waals surface area contributed by atoms with Crippen LogP contribution < -0.4 is 4.90 Å². The Morgan fingerprint density at radius 1 is 0.407 bits per heavy atom. The Morgan fingerprint density at radius 3 is 1.81 bits per heavy atom. The molecule has 1 N–H and O–H groups in total. The Morgan fingerprint density at radius 2 is 1.02 bits per heavy atom. The molecular formula is C51H36N2O. The van der Waals surface area contributed by atoms with Crippen LogP contribution in [0.3, 0.4) is 0 Å². The number of fused-ring (bicyclic) bond motifs is 9. The first-order valence-corrected chi connectivity index (χ1v) is 18.7. The average molecular weight is 693 g/mol. The summed E-state index contributed by atoms with van der Waals surface area (Å²) >= 11 is 0. The fraction of sp³-hybridized carbons (Fsp3) is 0.0588. The minimum absolute atomic E-state index is 0.0276. The van der Waals surface area contributed by atoms with Crippen molar-refractivity contribution in [2.24, 2.45) is 0 Å². The van der Waals surface area contributed by atoms with Gasteiger partial charge in [-0.2, -0.15) is 0 Å². The van der Waals surface area contributed by atoms with E-state index in [4.69, 9.17) is 4.42 Å². The van der Waals surface area contributed by atoms with Crippen molar-refractivity contribution in [3.8, 4) is 33.4 Å². The monoisotopic (exact) mass is 692 g/mol. The van der Waals surface area contributed by atoms with Crippen LogP contribution >= 0.6 is 0 Å². The predicted octanol–water partition coefficient (Wildman–Crippen LogP) is 14.3. The van der Waals surface area contributed by atoms with Gasteiger partial charge in [-0.15, -0.1) is 0 Å². The van der Waals surface area contributed by atoms with Crippen molar-refractivity contribution in [2.45, 2.75) is 19.3 Å². The summed E-state index contributed by atoms with van der Waals surface area (Å²) in [4.78, 5) is 6.07. The standard InChI is InChI=1S/C51H36N2O/c1-51(2)45-14-8-6-12-39(45)41-30-43-42-28-35(20-26-47(42)52-48(43)31-46(41)51)34-18-23-37(24-19-34)53(36-21-16-33(17-22-36)32-10-4-3-5-11-32)38-25-27-50-44(29-38)40-13-7-9-15-49(40)54-50/h3-31,52H,1-2H3. The van der Waals surface area contributed by atoms with Crippen molar-refractivity contribution >= 4 is 60.8 Å². The maximum Gasteiger partial charge on any atom is 0.135 e. The minimum atomic E-state index is -0.0276. The SMILES string of the molecule is CC1(C)c2ccccc2-c2cc3c(cc21)[nH]c1ccc(-c2ccc(N(c4ccc(-c5ccccc5)cc4)c4ccc5oc6ccccc6c5c4)cc2)cc13. The van der Waals surface area contributed by atoms with E-state index < -0.39 is 0 Å². The predicted molar refractivity (Wildman–Crippen MR) is 226 cm³/mol. The number of rotatable bonds is 5. The molecule has 3 nitrogen and oxygen atoms in total. The van der Waals surface area contributed by atoms with E-state index in [0.717, 1.165) is 44.5 Å². The van der Waals surface area contributed by atoms with Crippen LogP contribution in [-0.4, -0.2) is 4.98 Å².